The van der Waals surface area contributed by atoms with Gasteiger partial charge in [-0.3, -0.25) is 14.9 Å². The Balaban J connectivity index is 1.86. The summed E-state index contributed by atoms with van der Waals surface area (Å²) in [6.07, 6.45) is 6.58. The van der Waals surface area contributed by atoms with E-state index in [0.29, 0.717) is 17.0 Å². The van der Waals surface area contributed by atoms with Gasteiger partial charge in [0.25, 0.3) is 0 Å². The summed E-state index contributed by atoms with van der Waals surface area (Å²) in [4.78, 5) is 17.0. The molecule has 1 aromatic carbocycles. The maximum absolute atomic E-state index is 13.0. The van der Waals surface area contributed by atoms with E-state index in [4.69, 9.17) is 0 Å². The summed E-state index contributed by atoms with van der Waals surface area (Å²) in [5, 5.41) is 11.4. The molecule has 0 spiro atoms. The fraction of sp³-hybridized carbons (Fsp3) is 0.0526. The highest BCUT2D eigenvalue weighted by atomic mass is 16.1. The van der Waals surface area contributed by atoms with E-state index in [1.807, 2.05) is 31.2 Å². The summed E-state index contributed by atoms with van der Waals surface area (Å²) in [5.41, 5.74) is 4.19. The van der Waals surface area contributed by atoms with Crippen LogP contribution in [0.3, 0.4) is 0 Å². The highest BCUT2D eigenvalue weighted by Gasteiger charge is 2.15. The Morgan fingerprint density at radius 3 is 2.48 bits per heavy atom. The average molecular weight is 329 g/mol. The molecule has 0 unspecified atom stereocenters. The molecule has 6 heteroatoms. The summed E-state index contributed by atoms with van der Waals surface area (Å²) in [6.45, 7) is 2.03. The molecule has 4 rings (SSSR count). The number of aromatic nitrogens is 5. The largest absolute Gasteiger partial charge is 0.287 e. The molecule has 0 bridgehead atoms. The van der Waals surface area contributed by atoms with Gasteiger partial charge in [0.2, 0.25) is 5.43 Å². The number of nitrogens with zero attached hydrogens (tertiary/aromatic N) is 4. The lowest BCUT2D eigenvalue weighted by Gasteiger charge is -2.08. The van der Waals surface area contributed by atoms with Gasteiger partial charge in [-0.2, -0.15) is 10.2 Å². The number of hydrogen-bond donors (Lipinski definition) is 1. The lowest BCUT2D eigenvalue weighted by molar-refractivity contribution is 0.875. The SMILES string of the molecule is Cc1ccc(-n2nccc2-c2n[nH]cc(-c3ccncc3)c2=O)cc1. The van der Waals surface area contributed by atoms with E-state index in [2.05, 4.69) is 20.3 Å². The van der Waals surface area contributed by atoms with Gasteiger partial charge in [0, 0.05) is 24.2 Å². The van der Waals surface area contributed by atoms with Crippen molar-refractivity contribution in [3.63, 3.8) is 0 Å². The fourth-order valence-corrected chi connectivity index (χ4v) is 2.70. The molecule has 0 saturated heterocycles. The minimum atomic E-state index is -0.154. The van der Waals surface area contributed by atoms with Gasteiger partial charge in [-0.05, 0) is 42.8 Å². The first-order chi connectivity index (χ1) is 12.2. The van der Waals surface area contributed by atoms with Crippen molar-refractivity contribution in [1.82, 2.24) is 25.0 Å². The standard InChI is InChI=1S/C19H15N5O/c1-13-2-4-15(5-3-13)24-17(8-11-22-24)18-19(25)16(12-21-23-18)14-6-9-20-10-7-14/h2-12H,1H3,(H,21,25). The van der Waals surface area contributed by atoms with Crippen molar-refractivity contribution in [1.29, 1.82) is 0 Å². The molecule has 0 amide bonds. The first-order valence-corrected chi connectivity index (χ1v) is 7.84. The van der Waals surface area contributed by atoms with E-state index in [-0.39, 0.29) is 5.43 Å². The second kappa shape index (κ2) is 6.16. The van der Waals surface area contributed by atoms with Crippen molar-refractivity contribution in [2.24, 2.45) is 0 Å². The van der Waals surface area contributed by atoms with Crippen LogP contribution >= 0.6 is 0 Å². The number of aryl methyl sites for hydroxylation is 1. The van der Waals surface area contributed by atoms with Crippen molar-refractivity contribution >= 4 is 0 Å². The normalized spacial score (nSPS) is 10.8. The second-order valence-corrected chi connectivity index (χ2v) is 5.68. The average Bonchev–Trinajstić information content (AvgIpc) is 3.13. The van der Waals surface area contributed by atoms with Crippen LogP contribution < -0.4 is 5.43 Å². The Bertz CT molecular complexity index is 1060. The minimum absolute atomic E-state index is 0.154. The van der Waals surface area contributed by atoms with Gasteiger partial charge in [-0.25, -0.2) is 4.68 Å². The third-order valence-electron chi connectivity index (χ3n) is 4.00. The van der Waals surface area contributed by atoms with E-state index in [0.717, 1.165) is 16.8 Å². The Morgan fingerprint density at radius 1 is 0.960 bits per heavy atom. The predicted octanol–water partition coefficient (Wildman–Crippen LogP) is 2.99. The molecular formula is C19H15N5O. The molecule has 122 valence electrons. The number of rotatable bonds is 3. The predicted molar refractivity (Wildman–Crippen MR) is 95.4 cm³/mol. The van der Waals surface area contributed by atoms with Gasteiger partial charge in [-0.1, -0.05) is 17.7 Å². The van der Waals surface area contributed by atoms with Gasteiger partial charge in [0.1, 0.15) is 0 Å². The molecule has 0 aliphatic carbocycles. The molecule has 3 aromatic heterocycles. The van der Waals surface area contributed by atoms with Crippen molar-refractivity contribution in [2.45, 2.75) is 6.92 Å². The zero-order valence-electron chi connectivity index (χ0n) is 13.5. The maximum atomic E-state index is 13.0. The lowest BCUT2D eigenvalue weighted by Crippen LogP contribution is -2.14. The molecule has 0 aliphatic heterocycles. The fourth-order valence-electron chi connectivity index (χ4n) is 2.70. The maximum Gasteiger partial charge on any atom is 0.217 e. The molecule has 0 saturated carbocycles. The van der Waals surface area contributed by atoms with Crippen LogP contribution in [0.1, 0.15) is 5.56 Å². The lowest BCUT2D eigenvalue weighted by atomic mass is 10.1. The van der Waals surface area contributed by atoms with E-state index in [9.17, 15) is 4.79 Å². The van der Waals surface area contributed by atoms with Crippen LogP contribution in [0.5, 0.6) is 0 Å². The molecule has 25 heavy (non-hydrogen) atoms. The molecule has 6 nitrogen and oxygen atoms in total. The Morgan fingerprint density at radius 2 is 1.72 bits per heavy atom. The van der Waals surface area contributed by atoms with Gasteiger partial charge in [0.05, 0.1) is 17.6 Å². The quantitative estimate of drug-likeness (QED) is 0.627. The summed E-state index contributed by atoms with van der Waals surface area (Å²) in [5.74, 6) is 0. The zero-order chi connectivity index (χ0) is 17.2. The topological polar surface area (TPSA) is 76.5 Å². The molecule has 0 atom stereocenters. The molecule has 1 N–H and O–H groups in total. The molecular weight excluding hydrogens is 314 g/mol. The van der Waals surface area contributed by atoms with Gasteiger partial charge in [0.15, 0.2) is 5.69 Å². The number of benzene rings is 1. The van der Waals surface area contributed by atoms with Crippen LogP contribution in [0.15, 0.2) is 72.0 Å². The van der Waals surface area contributed by atoms with E-state index < -0.39 is 0 Å². The second-order valence-electron chi connectivity index (χ2n) is 5.68. The van der Waals surface area contributed by atoms with Crippen LogP contribution in [0, 0.1) is 6.92 Å². The third-order valence-corrected chi connectivity index (χ3v) is 4.00. The Labute approximate surface area is 143 Å². The van der Waals surface area contributed by atoms with E-state index in [1.165, 1.54) is 0 Å². The highest BCUT2D eigenvalue weighted by molar-refractivity contribution is 5.68. The first-order valence-electron chi connectivity index (χ1n) is 7.84. The summed E-state index contributed by atoms with van der Waals surface area (Å²) < 4.78 is 1.72. The number of nitrogens with one attached hydrogen (secondary N) is 1. The third kappa shape index (κ3) is 2.74. The number of pyridine rings is 1. The molecule has 3 heterocycles. The van der Waals surface area contributed by atoms with Crippen LogP contribution in [0.25, 0.3) is 28.2 Å². The van der Waals surface area contributed by atoms with E-state index >= 15 is 0 Å². The number of hydrogen-bond acceptors (Lipinski definition) is 4. The molecule has 0 fully saturated rings. The van der Waals surface area contributed by atoms with Crippen LogP contribution in [-0.4, -0.2) is 25.0 Å². The monoisotopic (exact) mass is 329 g/mol. The van der Waals surface area contributed by atoms with Crippen molar-refractivity contribution < 1.29 is 0 Å². The summed E-state index contributed by atoms with van der Waals surface area (Å²) in [7, 11) is 0. The minimum Gasteiger partial charge on any atom is -0.287 e. The molecule has 0 aliphatic rings. The highest BCUT2D eigenvalue weighted by Crippen LogP contribution is 2.20. The van der Waals surface area contributed by atoms with Crippen LogP contribution in [-0.2, 0) is 0 Å². The van der Waals surface area contributed by atoms with Gasteiger partial charge >= 0.3 is 0 Å². The van der Waals surface area contributed by atoms with Gasteiger partial charge in [-0.15, -0.1) is 0 Å². The van der Waals surface area contributed by atoms with E-state index in [1.54, 1.807) is 47.7 Å². The zero-order valence-corrected chi connectivity index (χ0v) is 13.5. The molecule has 4 aromatic rings. The first kappa shape index (κ1) is 15.0. The smallest absolute Gasteiger partial charge is 0.217 e. The number of aromatic amines is 1. The van der Waals surface area contributed by atoms with Crippen molar-refractivity contribution in [2.75, 3.05) is 0 Å². The van der Waals surface area contributed by atoms with Crippen molar-refractivity contribution in [3.8, 4) is 28.2 Å². The Hall–Kier alpha value is -3.54. The van der Waals surface area contributed by atoms with Crippen LogP contribution in [0.4, 0.5) is 0 Å². The van der Waals surface area contributed by atoms with Crippen molar-refractivity contribution in [3.05, 3.63) is 83.0 Å². The number of H-pyrrole nitrogens is 1. The summed E-state index contributed by atoms with van der Waals surface area (Å²) in [6, 6.07) is 13.3. The Kier molecular flexibility index (Phi) is 3.70. The molecule has 0 radical (unpaired) electrons. The van der Waals surface area contributed by atoms with Gasteiger partial charge < -0.3 is 0 Å². The van der Waals surface area contributed by atoms with Crippen LogP contribution in [0.2, 0.25) is 0 Å². The summed E-state index contributed by atoms with van der Waals surface area (Å²) >= 11 is 0.